The number of aromatic nitrogens is 5. The SMILES string of the molecule is Cc1csc(NC(=O)CSc2ncnc3c2cnn3-c2ccccc2)n1. The number of para-hydroxylation sites is 1. The standard InChI is InChI=1S/C17H14N6OS2/c1-11-8-26-17(21-11)22-14(24)9-25-16-13-7-20-23(15(13)18-10-19-16)12-5-3-2-4-6-12/h2-8,10H,9H2,1H3,(H,21,22,24). The van der Waals surface area contributed by atoms with Gasteiger partial charge in [0.1, 0.15) is 11.4 Å². The van der Waals surface area contributed by atoms with E-state index in [1.165, 1.54) is 29.4 Å². The Morgan fingerprint density at radius 2 is 2.12 bits per heavy atom. The number of aryl methyl sites for hydroxylation is 1. The lowest BCUT2D eigenvalue weighted by molar-refractivity contribution is -0.113. The number of carbonyl (C=O) groups excluding carboxylic acids is 1. The highest BCUT2D eigenvalue weighted by atomic mass is 32.2. The minimum Gasteiger partial charge on any atom is -0.301 e. The third kappa shape index (κ3) is 3.44. The second-order valence-electron chi connectivity index (χ2n) is 5.44. The number of thioether (sulfide) groups is 1. The van der Waals surface area contributed by atoms with Crippen molar-refractivity contribution in [3.63, 3.8) is 0 Å². The van der Waals surface area contributed by atoms with Gasteiger partial charge in [-0.05, 0) is 19.1 Å². The highest BCUT2D eigenvalue weighted by Gasteiger charge is 2.13. The van der Waals surface area contributed by atoms with Gasteiger partial charge in [-0.3, -0.25) is 4.79 Å². The average Bonchev–Trinajstić information content (AvgIpc) is 3.27. The second kappa shape index (κ2) is 7.22. The van der Waals surface area contributed by atoms with Gasteiger partial charge in [0.25, 0.3) is 0 Å². The van der Waals surface area contributed by atoms with Crippen LogP contribution in [-0.2, 0) is 4.79 Å². The Morgan fingerprint density at radius 1 is 1.27 bits per heavy atom. The van der Waals surface area contributed by atoms with Crippen LogP contribution in [-0.4, -0.2) is 36.4 Å². The Kier molecular flexibility index (Phi) is 4.63. The van der Waals surface area contributed by atoms with Gasteiger partial charge in [-0.2, -0.15) is 5.10 Å². The minimum atomic E-state index is -0.119. The molecule has 1 aromatic carbocycles. The first-order chi connectivity index (χ1) is 12.7. The Balaban J connectivity index is 1.52. The number of nitrogens with one attached hydrogen (secondary N) is 1. The van der Waals surface area contributed by atoms with Crippen LogP contribution in [0, 0.1) is 6.92 Å². The lowest BCUT2D eigenvalue weighted by Crippen LogP contribution is -2.14. The largest absolute Gasteiger partial charge is 0.301 e. The molecule has 0 saturated carbocycles. The van der Waals surface area contributed by atoms with Crippen molar-refractivity contribution in [3.05, 3.63) is 53.9 Å². The molecule has 9 heteroatoms. The van der Waals surface area contributed by atoms with E-state index in [4.69, 9.17) is 0 Å². The van der Waals surface area contributed by atoms with Crippen molar-refractivity contribution in [1.29, 1.82) is 0 Å². The number of carbonyl (C=O) groups is 1. The summed E-state index contributed by atoms with van der Waals surface area (Å²) in [6.45, 7) is 1.89. The molecule has 3 heterocycles. The van der Waals surface area contributed by atoms with Crippen LogP contribution in [0.15, 0.2) is 53.3 Å². The van der Waals surface area contributed by atoms with Crippen molar-refractivity contribution < 1.29 is 4.79 Å². The van der Waals surface area contributed by atoms with E-state index in [1.54, 1.807) is 10.9 Å². The Hall–Kier alpha value is -2.78. The predicted octanol–water partition coefficient (Wildman–Crippen LogP) is 3.31. The molecule has 3 aromatic heterocycles. The molecule has 0 saturated heterocycles. The van der Waals surface area contributed by atoms with Crippen LogP contribution in [0.1, 0.15) is 5.69 Å². The van der Waals surface area contributed by atoms with Crippen LogP contribution in [0.4, 0.5) is 5.13 Å². The van der Waals surface area contributed by atoms with Crippen molar-refractivity contribution in [3.8, 4) is 5.69 Å². The molecule has 1 amide bonds. The van der Waals surface area contributed by atoms with Crippen LogP contribution in [0.5, 0.6) is 0 Å². The van der Waals surface area contributed by atoms with Crippen molar-refractivity contribution in [2.45, 2.75) is 11.9 Å². The number of thiazole rings is 1. The molecule has 26 heavy (non-hydrogen) atoms. The van der Waals surface area contributed by atoms with E-state index in [1.807, 2.05) is 42.6 Å². The molecule has 0 aliphatic heterocycles. The van der Waals surface area contributed by atoms with Crippen LogP contribution >= 0.6 is 23.1 Å². The monoisotopic (exact) mass is 382 g/mol. The molecule has 0 spiro atoms. The topological polar surface area (TPSA) is 85.6 Å². The van der Waals surface area contributed by atoms with E-state index in [-0.39, 0.29) is 11.7 Å². The van der Waals surface area contributed by atoms with Gasteiger partial charge in [0.05, 0.1) is 28.7 Å². The molecule has 0 aliphatic carbocycles. The maximum Gasteiger partial charge on any atom is 0.236 e. The van der Waals surface area contributed by atoms with E-state index >= 15 is 0 Å². The fourth-order valence-electron chi connectivity index (χ4n) is 2.40. The highest BCUT2D eigenvalue weighted by Crippen LogP contribution is 2.26. The fourth-order valence-corrected chi connectivity index (χ4v) is 3.86. The molecule has 0 aliphatic rings. The first-order valence-corrected chi connectivity index (χ1v) is 9.66. The zero-order chi connectivity index (χ0) is 17.9. The third-order valence-corrected chi connectivity index (χ3v) is 5.42. The van der Waals surface area contributed by atoms with Crippen molar-refractivity contribution >= 4 is 45.2 Å². The van der Waals surface area contributed by atoms with E-state index in [2.05, 4.69) is 25.4 Å². The minimum absolute atomic E-state index is 0.119. The molecule has 7 nitrogen and oxygen atoms in total. The second-order valence-corrected chi connectivity index (χ2v) is 7.26. The van der Waals surface area contributed by atoms with E-state index in [0.717, 1.165) is 21.8 Å². The first-order valence-electron chi connectivity index (χ1n) is 7.79. The number of benzene rings is 1. The van der Waals surface area contributed by atoms with Gasteiger partial charge in [-0.25, -0.2) is 19.6 Å². The smallest absolute Gasteiger partial charge is 0.236 e. The summed E-state index contributed by atoms with van der Waals surface area (Å²) in [4.78, 5) is 25.0. The maximum absolute atomic E-state index is 12.1. The lowest BCUT2D eigenvalue weighted by Gasteiger charge is -2.04. The normalized spacial score (nSPS) is 11.0. The molecule has 0 atom stereocenters. The van der Waals surface area contributed by atoms with Crippen LogP contribution < -0.4 is 5.32 Å². The zero-order valence-corrected chi connectivity index (χ0v) is 15.4. The molecular formula is C17H14N6OS2. The molecule has 0 fully saturated rings. The molecule has 0 radical (unpaired) electrons. The zero-order valence-electron chi connectivity index (χ0n) is 13.8. The van der Waals surface area contributed by atoms with Crippen molar-refractivity contribution in [2.75, 3.05) is 11.1 Å². The summed E-state index contributed by atoms with van der Waals surface area (Å²) in [7, 11) is 0. The first kappa shape index (κ1) is 16.7. The van der Waals surface area contributed by atoms with E-state index in [9.17, 15) is 4.79 Å². The Labute approximate surface area is 157 Å². The third-order valence-electron chi connectivity index (χ3n) is 3.54. The Bertz CT molecular complexity index is 1060. The predicted molar refractivity (Wildman–Crippen MR) is 103 cm³/mol. The number of anilines is 1. The van der Waals surface area contributed by atoms with E-state index in [0.29, 0.717) is 10.8 Å². The molecule has 4 aromatic rings. The van der Waals surface area contributed by atoms with E-state index < -0.39 is 0 Å². The van der Waals surface area contributed by atoms with Crippen molar-refractivity contribution in [2.24, 2.45) is 0 Å². The number of rotatable bonds is 5. The number of hydrogen-bond donors (Lipinski definition) is 1. The summed E-state index contributed by atoms with van der Waals surface area (Å²) >= 11 is 2.76. The number of hydrogen-bond acceptors (Lipinski definition) is 7. The summed E-state index contributed by atoms with van der Waals surface area (Å²) in [5.41, 5.74) is 2.53. The van der Waals surface area contributed by atoms with Gasteiger partial charge in [-0.15, -0.1) is 11.3 Å². The Morgan fingerprint density at radius 3 is 2.88 bits per heavy atom. The lowest BCUT2D eigenvalue weighted by atomic mass is 10.3. The molecule has 130 valence electrons. The van der Waals surface area contributed by atoms with Gasteiger partial charge in [0.2, 0.25) is 5.91 Å². The number of nitrogens with zero attached hydrogens (tertiary/aromatic N) is 5. The number of fused-ring (bicyclic) bond motifs is 1. The summed E-state index contributed by atoms with van der Waals surface area (Å²) in [5.74, 6) is 0.118. The fraction of sp³-hybridized carbons (Fsp3) is 0.118. The molecule has 4 rings (SSSR count). The van der Waals surface area contributed by atoms with Gasteiger partial charge in [0, 0.05) is 5.38 Å². The molecule has 0 bridgehead atoms. The maximum atomic E-state index is 12.1. The summed E-state index contributed by atoms with van der Waals surface area (Å²) in [6, 6.07) is 9.78. The van der Waals surface area contributed by atoms with Gasteiger partial charge in [-0.1, -0.05) is 30.0 Å². The quantitative estimate of drug-likeness (QED) is 0.421. The molecule has 1 N–H and O–H groups in total. The van der Waals surface area contributed by atoms with Crippen LogP contribution in [0.3, 0.4) is 0 Å². The van der Waals surface area contributed by atoms with Crippen LogP contribution in [0.2, 0.25) is 0 Å². The molecule has 0 unspecified atom stereocenters. The van der Waals surface area contributed by atoms with Gasteiger partial charge < -0.3 is 5.32 Å². The number of amides is 1. The van der Waals surface area contributed by atoms with Crippen molar-refractivity contribution in [1.82, 2.24) is 24.7 Å². The van der Waals surface area contributed by atoms with Crippen LogP contribution in [0.25, 0.3) is 16.7 Å². The highest BCUT2D eigenvalue weighted by molar-refractivity contribution is 8.00. The summed E-state index contributed by atoms with van der Waals surface area (Å²) < 4.78 is 1.76. The summed E-state index contributed by atoms with van der Waals surface area (Å²) in [5, 5.41) is 11.3. The molecular weight excluding hydrogens is 368 g/mol. The summed E-state index contributed by atoms with van der Waals surface area (Å²) in [6.07, 6.45) is 3.22. The van der Waals surface area contributed by atoms with Gasteiger partial charge >= 0.3 is 0 Å². The van der Waals surface area contributed by atoms with Gasteiger partial charge in [0.15, 0.2) is 10.8 Å². The average molecular weight is 382 g/mol.